The first-order valence-corrected chi connectivity index (χ1v) is 8.32. The Morgan fingerprint density at radius 2 is 2.12 bits per heavy atom. The van der Waals surface area contributed by atoms with Gasteiger partial charge in [-0.1, -0.05) is 12.1 Å². The number of aromatic nitrogens is 4. The van der Waals surface area contributed by atoms with Crippen LogP contribution in [-0.4, -0.2) is 44.6 Å². The number of fused-ring (bicyclic) bond motifs is 1. The predicted molar refractivity (Wildman–Crippen MR) is 94.7 cm³/mol. The molecule has 1 aliphatic heterocycles. The third-order valence-corrected chi connectivity index (χ3v) is 4.71. The Morgan fingerprint density at radius 1 is 1.28 bits per heavy atom. The molecule has 7 nitrogen and oxygen atoms in total. The highest BCUT2D eigenvalue weighted by Crippen LogP contribution is 2.38. The van der Waals surface area contributed by atoms with E-state index in [1.165, 1.54) is 0 Å². The second-order valence-electron chi connectivity index (χ2n) is 6.43. The molecule has 1 saturated heterocycles. The van der Waals surface area contributed by atoms with Crippen molar-refractivity contribution in [2.75, 3.05) is 18.6 Å². The van der Waals surface area contributed by atoms with Gasteiger partial charge in [0, 0.05) is 13.6 Å². The van der Waals surface area contributed by atoms with Crippen LogP contribution < -0.4 is 9.64 Å². The Balaban J connectivity index is 1.83. The lowest BCUT2D eigenvalue weighted by Gasteiger charge is -2.26. The van der Waals surface area contributed by atoms with Crippen LogP contribution in [-0.2, 0) is 7.05 Å². The molecule has 0 bridgehead atoms. The minimum Gasteiger partial charge on any atom is -0.497 e. The lowest BCUT2D eigenvalue weighted by Crippen LogP contribution is -2.26. The summed E-state index contributed by atoms with van der Waals surface area (Å²) in [6.07, 6.45) is 2.04. The molecule has 2 aromatic heterocycles. The zero-order valence-electron chi connectivity index (χ0n) is 14.5. The summed E-state index contributed by atoms with van der Waals surface area (Å²) < 4.78 is 7.11. The van der Waals surface area contributed by atoms with Gasteiger partial charge in [0.1, 0.15) is 17.4 Å². The van der Waals surface area contributed by atoms with Crippen molar-refractivity contribution in [2.24, 2.45) is 7.05 Å². The molecule has 7 heteroatoms. The normalized spacial score (nSPS) is 20.4. The van der Waals surface area contributed by atoms with Crippen LogP contribution in [0.4, 0.5) is 5.82 Å². The number of methoxy groups -OCH3 is 1. The van der Waals surface area contributed by atoms with Crippen molar-refractivity contribution in [3.63, 3.8) is 0 Å². The number of anilines is 1. The molecule has 0 unspecified atom stereocenters. The van der Waals surface area contributed by atoms with Crippen molar-refractivity contribution < 1.29 is 9.84 Å². The fourth-order valence-electron chi connectivity index (χ4n) is 3.54. The first-order valence-electron chi connectivity index (χ1n) is 8.32. The van der Waals surface area contributed by atoms with Gasteiger partial charge in [0.05, 0.1) is 30.8 Å². The minimum atomic E-state index is -0.404. The van der Waals surface area contributed by atoms with Crippen LogP contribution >= 0.6 is 0 Å². The number of benzene rings is 1. The van der Waals surface area contributed by atoms with E-state index in [1.54, 1.807) is 18.0 Å². The number of ether oxygens (including phenoxy) is 1. The maximum absolute atomic E-state index is 10.3. The zero-order chi connectivity index (χ0) is 17.6. The maximum Gasteiger partial charge on any atom is 0.163 e. The molecule has 3 heterocycles. The first-order chi connectivity index (χ1) is 12.1. The number of aliphatic hydroxyl groups is 1. The highest BCUT2D eigenvalue weighted by Gasteiger charge is 2.34. The molecule has 0 saturated carbocycles. The lowest BCUT2D eigenvalue weighted by atomic mass is 10.0. The maximum atomic E-state index is 10.3. The fraction of sp³-hybridized carbons (Fsp3) is 0.389. The molecule has 0 aliphatic carbocycles. The monoisotopic (exact) mass is 339 g/mol. The number of β-amino-alcohol motifs (C(OH)–C–C–N with tert-alkyl or cyclic N) is 1. The van der Waals surface area contributed by atoms with E-state index in [9.17, 15) is 5.11 Å². The summed E-state index contributed by atoms with van der Waals surface area (Å²) in [6, 6.07) is 8.01. The molecule has 25 heavy (non-hydrogen) atoms. The van der Waals surface area contributed by atoms with E-state index in [0.717, 1.165) is 28.2 Å². The summed E-state index contributed by atoms with van der Waals surface area (Å²) in [4.78, 5) is 11.3. The molecule has 0 radical (unpaired) electrons. The van der Waals surface area contributed by atoms with Crippen molar-refractivity contribution in [1.29, 1.82) is 0 Å². The van der Waals surface area contributed by atoms with Crippen LogP contribution in [0.5, 0.6) is 5.75 Å². The van der Waals surface area contributed by atoms with E-state index in [2.05, 4.69) is 26.0 Å². The number of aliphatic hydroxyl groups excluding tert-OH is 1. The molecule has 0 amide bonds. The Morgan fingerprint density at radius 3 is 2.92 bits per heavy atom. The molecule has 1 N–H and O–H groups in total. The lowest BCUT2D eigenvalue weighted by molar-refractivity contribution is 0.194. The summed E-state index contributed by atoms with van der Waals surface area (Å²) in [7, 11) is 3.53. The molecule has 0 spiro atoms. The van der Waals surface area contributed by atoms with E-state index in [1.807, 2.05) is 32.2 Å². The van der Waals surface area contributed by atoms with Gasteiger partial charge in [-0.15, -0.1) is 0 Å². The summed E-state index contributed by atoms with van der Waals surface area (Å²) >= 11 is 0. The average molecular weight is 339 g/mol. The molecule has 130 valence electrons. The number of rotatable bonds is 3. The minimum absolute atomic E-state index is 0.0304. The summed E-state index contributed by atoms with van der Waals surface area (Å²) in [6.45, 7) is 2.41. The molecule has 3 aromatic rings. The highest BCUT2D eigenvalue weighted by molar-refractivity contribution is 5.87. The molecular formula is C18H21N5O2. The van der Waals surface area contributed by atoms with Gasteiger partial charge in [-0.2, -0.15) is 5.10 Å². The third-order valence-electron chi connectivity index (χ3n) is 4.71. The third kappa shape index (κ3) is 2.70. The number of hydrogen-bond acceptors (Lipinski definition) is 6. The number of aryl methyl sites for hydroxylation is 2. The summed E-state index contributed by atoms with van der Waals surface area (Å²) in [5.74, 6) is 2.32. The van der Waals surface area contributed by atoms with E-state index in [0.29, 0.717) is 18.8 Å². The van der Waals surface area contributed by atoms with Crippen molar-refractivity contribution in [3.8, 4) is 5.75 Å². The Hall–Kier alpha value is -2.67. The van der Waals surface area contributed by atoms with Crippen LogP contribution in [0.3, 0.4) is 0 Å². The van der Waals surface area contributed by atoms with Crippen LogP contribution in [0, 0.1) is 6.92 Å². The van der Waals surface area contributed by atoms with Crippen molar-refractivity contribution in [3.05, 3.63) is 41.9 Å². The van der Waals surface area contributed by atoms with Gasteiger partial charge in [0.25, 0.3) is 0 Å². The predicted octanol–water partition coefficient (Wildman–Crippen LogP) is 1.99. The highest BCUT2D eigenvalue weighted by atomic mass is 16.5. The Bertz CT molecular complexity index is 923. The molecule has 1 aliphatic rings. The Kier molecular flexibility index (Phi) is 3.80. The fourth-order valence-corrected chi connectivity index (χ4v) is 3.54. The number of nitrogens with zero attached hydrogens (tertiary/aromatic N) is 5. The van der Waals surface area contributed by atoms with Gasteiger partial charge in [0.15, 0.2) is 5.65 Å². The second-order valence-corrected chi connectivity index (χ2v) is 6.43. The molecule has 1 fully saturated rings. The standard InChI is InChI=1S/C18H21N5O2/c1-11-20-17-15(9-19-22(17)2)18(21-11)23-10-13(24)8-16(23)12-5-4-6-14(7-12)25-3/h4-7,9,13,16,24H,8,10H2,1-3H3/t13-,16+/m1/s1. The van der Waals surface area contributed by atoms with Crippen molar-refractivity contribution in [1.82, 2.24) is 19.7 Å². The van der Waals surface area contributed by atoms with E-state index >= 15 is 0 Å². The van der Waals surface area contributed by atoms with Gasteiger partial charge in [-0.25, -0.2) is 9.97 Å². The summed E-state index contributed by atoms with van der Waals surface area (Å²) in [5.41, 5.74) is 1.90. The second kappa shape index (κ2) is 6.00. The molecule has 2 atom stereocenters. The van der Waals surface area contributed by atoms with Gasteiger partial charge < -0.3 is 14.7 Å². The van der Waals surface area contributed by atoms with Gasteiger partial charge in [0.2, 0.25) is 0 Å². The van der Waals surface area contributed by atoms with Gasteiger partial charge >= 0.3 is 0 Å². The quantitative estimate of drug-likeness (QED) is 0.786. The first kappa shape index (κ1) is 15.8. The molecular weight excluding hydrogens is 318 g/mol. The Labute approximate surface area is 145 Å². The van der Waals surface area contributed by atoms with Crippen molar-refractivity contribution >= 4 is 16.9 Å². The van der Waals surface area contributed by atoms with Crippen LogP contribution in [0.1, 0.15) is 23.9 Å². The molecule has 1 aromatic carbocycles. The largest absolute Gasteiger partial charge is 0.497 e. The summed E-state index contributed by atoms with van der Waals surface area (Å²) in [5, 5.41) is 15.5. The average Bonchev–Trinajstić information content (AvgIpc) is 3.18. The topological polar surface area (TPSA) is 76.3 Å². The SMILES string of the molecule is COc1cccc([C@@H]2C[C@@H](O)CN2c2nc(C)nc3c2cnn3C)c1. The number of hydrogen-bond donors (Lipinski definition) is 1. The van der Waals surface area contributed by atoms with Crippen LogP contribution in [0.25, 0.3) is 11.0 Å². The van der Waals surface area contributed by atoms with E-state index < -0.39 is 6.10 Å². The van der Waals surface area contributed by atoms with Crippen molar-refractivity contribution in [2.45, 2.75) is 25.5 Å². The van der Waals surface area contributed by atoms with Gasteiger partial charge in [-0.3, -0.25) is 4.68 Å². The van der Waals surface area contributed by atoms with Crippen LogP contribution in [0.15, 0.2) is 30.5 Å². The smallest absolute Gasteiger partial charge is 0.163 e. The van der Waals surface area contributed by atoms with E-state index in [-0.39, 0.29) is 6.04 Å². The van der Waals surface area contributed by atoms with Crippen LogP contribution in [0.2, 0.25) is 0 Å². The van der Waals surface area contributed by atoms with Gasteiger partial charge in [-0.05, 0) is 31.0 Å². The molecule has 4 rings (SSSR count). The van der Waals surface area contributed by atoms with E-state index in [4.69, 9.17) is 4.74 Å². The zero-order valence-corrected chi connectivity index (χ0v) is 14.5.